The largest absolute Gasteiger partial charge is 0.507 e. The number of allylic oxidation sites excluding steroid dienone is 2. The van der Waals surface area contributed by atoms with Gasteiger partial charge in [0.15, 0.2) is 11.6 Å². The minimum absolute atomic E-state index is 0.00309. The van der Waals surface area contributed by atoms with Crippen LogP contribution in [-0.4, -0.2) is 27.7 Å². The van der Waals surface area contributed by atoms with Crippen molar-refractivity contribution in [2.24, 2.45) is 35.3 Å². The van der Waals surface area contributed by atoms with Gasteiger partial charge in [-0.3, -0.25) is 14.4 Å². The molecule has 0 aliphatic heterocycles. The number of phenolic OH excluding ortho intramolecular Hbond substituents is 1. The zero-order valence-corrected chi connectivity index (χ0v) is 25.1. The number of alkyl halides is 3. The van der Waals surface area contributed by atoms with Crippen LogP contribution < -0.4 is 5.73 Å². The highest BCUT2D eigenvalue weighted by molar-refractivity contribution is 6.28. The summed E-state index contributed by atoms with van der Waals surface area (Å²) in [6.07, 6.45) is -4.06. The zero-order chi connectivity index (χ0) is 33.1. The van der Waals surface area contributed by atoms with E-state index in [-0.39, 0.29) is 53.6 Å². The molecule has 7 nitrogen and oxygen atoms in total. The Bertz CT molecular complexity index is 1810. The van der Waals surface area contributed by atoms with E-state index in [2.05, 4.69) is 0 Å². The number of ether oxygens (including phenoxy) is 1. The second kappa shape index (κ2) is 11.5. The second-order valence-corrected chi connectivity index (χ2v) is 12.5. The van der Waals surface area contributed by atoms with E-state index in [1.165, 1.54) is 18.2 Å². The van der Waals surface area contributed by atoms with Gasteiger partial charge in [-0.2, -0.15) is 13.2 Å². The summed E-state index contributed by atoms with van der Waals surface area (Å²) in [5.41, 5.74) is 6.79. The predicted molar refractivity (Wildman–Crippen MR) is 163 cm³/mol. The fraction of sp³-hybridized carbons (Fsp3) is 0.306. The molecule has 6 rings (SSSR count). The van der Waals surface area contributed by atoms with Crippen molar-refractivity contribution >= 4 is 23.2 Å². The number of Topliss-reactive ketones (excluding diaryl/α,β-unsaturated/α-hetero) is 2. The number of nitrogens with two attached hydrogens (primary N) is 1. The molecule has 4 atom stereocenters. The molecule has 3 aromatic carbocycles. The van der Waals surface area contributed by atoms with Crippen molar-refractivity contribution in [3.63, 3.8) is 0 Å². The van der Waals surface area contributed by atoms with Gasteiger partial charge in [-0.25, -0.2) is 0 Å². The lowest BCUT2D eigenvalue weighted by Gasteiger charge is -2.46. The Kier molecular flexibility index (Phi) is 7.78. The van der Waals surface area contributed by atoms with Crippen molar-refractivity contribution < 1.29 is 42.5 Å². The summed E-state index contributed by atoms with van der Waals surface area (Å²) in [6.45, 7) is 3.89. The van der Waals surface area contributed by atoms with E-state index < -0.39 is 58.6 Å². The fourth-order valence-corrected chi connectivity index (χ4v) is 7.49. The van der Waals surface area contributed by atoms with Crippen LogP contribution >= 0.6 is 0 Å². The Balaban J connectivity index is 1.44. The lowest BCUT2D eigenvalue weighted by molar-refractivity contribution is -0.139. The lowest BCUT2D eigenvalue weighted by atomic mass is 9.56. The summed E-state index contributed by atoms with van der Waals surface area (Å²) >= 11 is 0. The summed E-state index contributed by atoms with van der Waals surface area (Å²) in [7, 11) is 0. The number of aromatic hydroxyl groups is 1. The molecule has 238 valence electrons. The molecule has 0 bridgehead atoms. The molecule has 1 unspecified atom stereocenters. The first kappa shape index (κ1) is 31.1. The smallest absolute Gasteiger partial charge is 0.416 e. The SMILES string of the molecule is CC(C)[C@@H]1C(OCc2ccccc2)=C(C(N)=O)C(=O)C2C(=O)C3=C(O)c4c(O)ccc(-c5ccc(C(F)(F)F)cc5)c4C[C@H]3C[C@H]21. The van der Waals surface area contributed by atoms with E-state index in [0.29, 0.717) is 16.7 Å². The van der Waals surface area contributed by atoms with E-state index in [0.717, 1.165) is 17.7 Å². The number of hydrogen-bond donors (Lipinski definition) is 3. The number of rotatable bonds is 6. The van der Waals surface area contributed by atoms with Crippen LogP contribution in [0.25, 0.3) is 16.9 Å². The quantitative estimate of drug-likeness (QED) is 0.210. The van der Waals surface area contributed by atoms with Crippen molar-refractivity contribution in [1.82, 2.24) is 0 Å². The van der Waals surface area contributed by atoms with Gasteiger partial charge in [0.2, 0.25) is 0 Å². The molecular weight excluding hydrogens is 599 g/mol. The number of ketones is 2. The van der Waals surface area contributed by atoms with Gasteiger partial charge in [-0.1, -0.05) is 62.4 Å². The number of halogens is 3. The summed E-state index contributed by atoms with van der Waals surface area (Å²) < 4.78 is 45.9. The summed E-state index contributed by atoms with van der Waals surface area (Å²) in [6, 6.07) is 16.7. The van der Waals surface area contributed by atoms with Gasteiger partial charge in [0.25, 0.3) is 5.91 Å². The van der Waals surface area contributed by atoms with Gasteiger partial charge in [0.05, 0.1) is 17.0 Å². The van der Waals surface area contributed by atoms with Gasteiger partial charge in [0, 0.05) is 11.5 Å². The maximum Gasteiger partial charge on any atom is 0.416 e. The van der Waals surface area contributed by atoms with Crippen LogP contribution in [0.4, 0.5) is 13.2 Å². The minimum Gasteiger partial charge on any atom is -0.507 e. The zero-order valence-electron chi connectivity index (χ0n) is 25.1. The van der Waals surface area contributed by atoms with Crippen molar-refractivity contribution in [2.45, 2.75) is 39.5 Å². The summed E-state index contributed by atoms with van der Waals surface area (Å²) in [5.74, 6) is -6.17. The predicted octanol–water partition coefficient (Wildman–Crippen LogP) is 6.54. The Morgan fingerprint density at radius 1 is 0.978 bits per heavy atom. The van der Waals surface area contributed by atoms with E-state index >= 15 is 0 Å². The average Bonchev–Trinajstić information content (AvgIpc) is 2.99. The summed E-state index contributed by atoms with van der Waals surface area (Å²) in [4.78, 5) is 40.9. The molecule has 0 saturated heterocycles. The molecule has 4 N–H and O–H groups in total. The average molecular weight is 632 g/mol. The molecule has 1 fully saturated rings. The number of benzene rings is 3. The highest BCUT2D eigenvalue weighted by atomic mass is 19.4. The number of aliphatic hydroxyl groups excluding tert-OH is 1. The molecular formula is C36H32F3NO6. The highest BCUT2D eigenvalue weighted by Gasteiger charge is 2.56. The number of carbonyl (C=O) groups is 3. The third-order valence-electron chi connectivity index (χ3n) is 9.44. The van der Waals surface area contributed by atoms with Crippen LogP contribution in [0, 0.1) is 29.6 Å². The molecule has 0 radical (unpaired) electrons. The Morgan fingerprint density at radius 3 is 2.26 bits per heavy atom. The normalized spacial score (nSPS) is 22.8. The Morgan fingerprint density at radius 2 is 1.65 bits per heavy atom. The highest BCUT2D eigenvalue weighted by Crippen LogP contribution is 2.54. The van der Waals surface area contributed by atoms with Crippen molar-refractivity contribution in [2.75, 3.05) is 0 Å². The van der Waals surface area contributed by atoms with Crippen LogP contribution in [0.3, 0.4) is 0 Å². The summed E-state index contributed by atoms with van der Waals surface area (Å²) in [5, 5.41) is 22.4. The molecule has 0 aromatic heterocycles. The number of hydrogen-bond acceptors (Lipinski definition) is 6. The van der Waals surface area contributed by atoms with Gasteiger partial charge in [0.1, 0.15) is 29.4 Å². The first-order valence-corrected chi connectivity index (χ1v) is 15.0. The molecule has 3 aliphatic carbocycles. The fourth-order valence-electron chi connectivity index (χ4n) is 7.49. The van der Waals surface area contributed by atoms with Gasteiger partial charge < -0.3 is 20.7 Å². The third kappa shape index (κ3) is 5.15. The molecule has 10 heteroatoms. The number of aliphatic hydroxyl groups is 1. The van der Waals surface area contributed by atoms with Gasteiger partial charge in [-0.05, 0) is 71.0 Å². The Hall–Kier alpha value is -4.86. The Labute approximate surface area is 263 Å². The molecule has 46 heavy (non-hydrogen) atoms. The third-order valence-corrected chi connectivity index (χ3v) is 9.44. The minimum atomic E-state index is -4.52. The topological polar surface area (TPSA) is 127 Å². The van der Waals surface area contributed by atoms with Crippen LogP contribution in [0.5, 0.6) is 5.75 Å². The maximum atomic E-state index is 14.2. The van der Waals surface area contributed by atoms with Crippen molar-refractivity contribution in [1.29, 1.82) is 0 Å². The van der Waals surface area contributed by atoms with E-state index in [4.69, 9.17) is 10.5 Å². The lowest BCUT2D eigenvalue weighted by Crippen LogP contribution is -2.51. The standard InChI is InChI=1S/C36H32F3NO6/c1-17(2)26-24-15-20-14-23-22(19-8-10-21(11-9-19)36(37,38)39)12-13-25(41)28(23)31(42)27(20)32(43)29(24)33(44)30(35(40)45)34(26)46-16-18-6-4-3-5-7-18/h3-13,17,20,24,26,29,41-42H,14-16H2,1-2H3,(H2,40,45)/t20-,24-,26-,29?/m0/s1. The monoisotopic (exact) mass is 631 g/mol. The van der Waals surface area contributed by atoms with Crippen LogP contribution in [0.15, 0.2) is 83.6 Å². The molecule has 1 amide bonds. The first-order valence-electron chi connectivity index (χ1n) is 15.0. The number of fused-ring (bicyclic) bond motifs is 3. The first-order chi connectivity index (χ1) is 21.8. The van der Waals surface area contributed by atoms with E-state index in [1.54, 1.807) is 6.07 Å². The molecule has 3 aliphatic rings. The number of primary amides is 1. The van der Waals surface area contributed by atoms with Crippen molar-refractivity contribution in [3.05, 3.63) is 106 Å². The number of phenols is 1. The number of amides is 1. The van der Waals surface area contributed by atoms with Gasteiger partial charge in [-0.15, -0.1) is 0 Å². The van der Waals surface area contributed by atoms with Gasteiger partial charge >= 0.3 is 6.18 Å². The molecule has 3 aromatic rings. The van der Waals surface area contributed by atoms with E-state index in [9.17, 15) is 37.8 Å². The molecule has 0 heterocycles. The van der Waals surface area contributed by atoms with E-state index in [1.807, 2.05) is 44.2 Å². The molecule has 1 saturated carbocycles. The molecule has 0 spiro atoms. The van der Waals surface area contributed by atoms with Crippen molar-refractivity contribution in [3.8, 4) is 16.9 Å². The second-order valence-electron chi connectivity index (χ2n) is 12.5. The van der Waals surface area contributed by atoms with Crippen LogP contribution in [0.2, 0.25) is 0 Å². The van der Waals surface area contributed by atoms with Crippen LogP contribution in [-0.2, 0) is 38.3 Å². The van der Waals surface area contributed by atoms with Crippen LogP contribution in [0.1, 0.15) is 42.5 Å². The maximum absolute atomic E-state index is 14.2. The number of carbonyl (C=O) groups excluding carboxylic acids is 3.